The highest BCUT2D eigenvalue weighted by molar-refractivity contribution is 6.30. The monoisotopic (exact) mass is 195 g/mol. The highest BCUT2D eigenvalue weighted by atomic mass is 35.5. The van der Waals surface area contributed by atoms with Crippen LogP contribution in [0.15, 0.2) is 23.2 Å². The quantitative estimate of drug-likeness (QED) is 0.658. The van der Waals surface area contributed by atoms with E-state index >= 15 is 0 Å². The number of benzene rings is 1. The maximum absolute atomic E-state index is 5.86. The molecule has 1 aromatic carbocycles. The van der Waals surface area contributed by atoms with Crippen LogP contribution < -0.4 is 10.6 Å². The van der Waals surface area contributed by atoms with Crippen LogP contribution in [-0.2, 0) is 4.74 Å². The van der Waals surface area contributed by atoms with Crippen molar-refractivity contribution in [3.63, 3.8) is 0 Å². The van der Waals surface area contributed by atoms with Crippen LogP contribution >= 0.6 is 11.6 Å². The Kier molecular flexibility index (Phi) is 2.23. The van der Waals surface area contributed by atoms with Gasteiger partial charge in [0.05, 0.1) is 12.5 Å². The Bertz CT molecular complexity index is 439. The van der Waals surface area contributed by atoms with Crippen LogP contribution in [0.25, 0.3) is 5.76 Å². The molecule has 0 unspecified atom stereocenters. The van der Waals surface area contributed by atoms with Crippen LogP contribution in [0.2, 0.25) is 5.02 Å². The summed E-state index contributed by atoms with van der Waals surface area (Å²) in [4.78, 5) is 4.37. The summed E-state index contributed by atoms with van der Waals surface area (Å²) in [5.41, 5.74) is 0. The van der Waals surface area contributed by atoms with E-state index in [1.54, 1.807) is 7.11 Å². The van der Waals surface area contributed by atoms with Crippen molar-refractivity contribution in [2.24, 2.45) is 4.99 Å². The number of rotatable bonds is 1. The largest absolute Gasteiger partial charge is 0.500 e. The molecular formula is C10H10ClNO. The smallest absolute Gasteiger partial charge is 0.107 e. The molecule has 0 radical (unpaired) electrons. The Morgan fingerprint density at radius 2 is 2.31 bits per heavy atom. The average molecular weight is 196 g/mol. The lowest BCUT2D eigenvalue weighted by Crippen LogP contribution is -2.31. The van der Waals surface area contributed by atoms with Crippen molar-refractivity contribution in [2.75, 3.05) is 13.7 Å². The molecule has 2 rings (SSSR count). The minimum atomic E-state index is 0.722. The molecule has 68 valence electrons. The molecule has 0 aromatic heterocycles. The van der Waals surface area contributed by atoms with Gasteiger partial charge in [0.1, 0.15) is 5.76 Å². The summed E-state index contributed by atoms with van der Waals surface area (Å²) in [5, 5.41) is 2.73. The molecule has 0 saturated carbocycles. The van der Waals surface area contributed by atoms with Crippen molar-refractivity contribution < 1.29 is 4.74 Å². The molecule has 0 spiro atoms. The summed E-state index contributed by atoms with van der Waals surface area (Å²) < 4.78 is 5.27. The molecule has 1 aliphatic heterocycles. The van der Waals surface area contributed by atoms with Crippen LogP contribution in [0.1, 0.15) is 6.42 Å². The van der Waals surface area contributed by atoms with Gasteiger partial charge in [-0.1, -0.05) is 11.6 Å². The van der Waals surface area contributed by atoms with Gasteiger partial charge < -0.3 is 4.74 Å². The van der Waals surface area contributed by atoms with E-state index in [1.807, 2.05) is 18.2 Å². The molecule has 0 bridgehead atoms. The van der Waals surface area contributed by atoms with Gasteiger partial charge in [-0.3, -0.25) is 4.99 Å². The van der Waals surface area contributed by atoms with Gasteiger partial charge >= 0.3 is 0 Å². The van der Waals surface area contributed by atoms with Crippen LogP contribution in [0.5, 0.6) is 0 Å². The van der Waals surface area contributed by atoms with E-state index in [2.05, 4.69) is 4.99 Å². The van der Waals surface area contributed by atoms with Crippen molar-refractivity contribution in [1.29, 1.82) is 0 Å². The lowest BCUT2D eigenvalue weighted by molar-refractivity contribution is 0.347. The first kappa shape index (κ1) is 8.57. The number of nitrogens with zero attached hydrogens (tertiary/aromatic N) is 1. The van der Waals surface area contributed by atoms with Gasteiger partial charge in [-0.2, -0.15) is 0 Å². The molecule has 0 saturated heterocycles. The van der Waals surface area contributed by atoms with Crippen molar-refractivity contribution in [1.82, 2.24) is 0 Å². The summed E-state index contributed by atoms with van der Waals surface area (Å²) in [7, 11) is 1.69. The predicted molar refractivity (Wildman–Crippen MR) is 52.1 cm³/mol. The fourth-order valence-corrected chi connectivity index (χ4v) is 1.66. The number of halogens is 1. The van der Waals surface area contributed by atoms with E-state index < -0.39 is 0 Å². The number of hydrogen-bond acceptors (Lipinski definition) is 2. The second-order valence-corrected chi connectivity index (χ2v) is 3.36. The lowest BCUT2D eigenvalue weighted by atomic mass is 10.2. The van der Waals surface area contributed by atoms with Gasteiger partial charge in [-0.25, -0.2) is 0 Å². The molecule has 0 amide bonds. The highest BCUT2D eigenvalue weighted by Gasteiger charge is 2.04. The minimum Gasteiger partial charge on any atom is -0.500 e. The van der Waals surface area contributed by atoms with E-state index in [0.29, 0.717) is 0 Å². The second kappa shape index (κ2) is 3.38. The molecular weight excluding hydrogens is 186 g/mol. The highest BCUT2D eigenvalue weighted by Crippen LogP contribution is 2.05. The van der Waals surface area contributed by atoms with E-state index in [1.165, 1.54) is 0 Å². The predicted octanol–water partition coefficient (Wildman–Crippen LogP) is 1.12. The number of ether oxygens (including phenoxy) is 1. The minimum absolute atomic E-state index is 0.722. The maximum atomic E-state index is 5.86. The van der Waals surface area contributed by atoms with Gasteiger partial charge in [0, 0.05) is 23.2 Å². The van der Waals surface area contributed by atoms with Gasteiger partial charge in [0.15, 0.2) is 0 Å². The van der Waals surface area contributed by atoms with Crippen LogP contribution in [0.4, 0.5) is 0 Å². The molecule has 0 fully saturated rings. The Hall–Kier alpha value is -1.02. The first-order valence-electron chi connectivity index (χ1n) is 4.18. The number of hydrogen-bond donors (Lipinski definition) is 0. The molecule has 1 aliphatic rings. The van der Waals surface area contributed by atoms with Gasteiger partial charge in [0.25, 0.3) is 0 Å². The Morgan fingerprint density at radius 3 is 3.08 bits per heavy atom. The number of methoxy groups -OCH3 is 1. The van der Waals surface area contributed by atoms with Crippen molar-refractivity contribution in [2.45, 2.75) is 6.42 Å². The molecule has 1 aromatic rings. The maximum Gasteiger partial charge on any atom is 0.107 e. The molecule has 3 heteroatoms. The van der Waals surface area contributed by atoms with Crippen LogP contribution in [0.3, 0.4) is 0 Å². The van der Waals surface area contributed by atoms with Crippen LogP contribution in [0, 0.1) is 0 Å². The molecule has 13 heavy (non-hydrogen) atoms. The van der Waals surface area contributed by atoms with E-state index in [0.717, 1.165) is 34.3 Å². The van der Waals surface area contributed by atoms with Gasteiger partial charge in [-0.05, 0) is 18.2 Å². The Labute approximate surface area is 81.5 Å². The summed E-state index contributed by atoms with van der Waals surface area (Å²) in [5.74, 6) is 1.00. The fourth-order valence-electron chi connectivity index (χ4n) is 1.50. The normalized spacial score (nSPS) is 14.8. The van der Waals surface area contributed by atoms with Crippen LogP contribution in [-0.4, -0.2) is 13.7 Å². The van der Waals surface area contributed by atoms with Crippen molar-refractivity contribution >= 4 is 17.4 Å². The summed E-state index contributed by atoms with van der Waals surface area (Å²) in [6.07, 6.45) is 0.880. The van der Waals surface area contributed by atoms with E-state index in [4.69, 9.17) is 16.3 Å². The van der Waals surface area contributed by atoms with Gasteiger partial charge in [-0.15, -0.1) is 0 Å². The third-order valence-corrected chi connectivity index (χ3v) is 2.36. The van der Waals surface area contributed by atoms with Crippen molar-refractivity contribution in [3.05, 3.63) is 33.8 Å². The third-order valence-electron chi connectivity index (χ3n) is 2.13. The Morgan fingerprint density at radius 1 is 1.46 bits per heavy atom. The van der Waals surface area contributed by atoms with Crippen molar-refractivity contribution in [3.8, 4) is 0 Å². The molecule has 0 aliphatic carbocycles. The first-order chi connectivity index (χ1) is 6.31. The molecule has 0 atom stereocenters. The Balaban J connectivity index is 2.77. The molecule has 0 N–H and O–H groups in total. The van der Waals surface area contributed by atoms with E-state index in [9.17, 15) is 0 Å². The molecule has 1 heterocycles. The zero-order valence-electron chi connectivity index (χ0n) is 7.38. The summed E-state index contributed by atoms with van der Waals surface area (Å²) >= 11 is 5.86. The third kappa shape index (κ3) is 1.54. The second-order valence-electron chi connectivity index (χ2n) is 2.92. The zero-order valence-corrected chi connectivity index (χ0v) is 8.14. The average Bonchev–Trinajstić information content (AvgIpc) is 2.16. The topological polar surface area (TPSA) is 21.6 Å². The lowest BCUT2D eigenvalue weighted by Gasteiger charge is -2.08. The standard InChI is InChI=1S/C10H10ClNO/c1-13-10-4-5-12-9-6-7(11)2-3-8(9)10/h2-3,6H,4-5H2,1H3. The first-order valence-corrected chi connectivity index (χ1v) is 4.56. The fraction of sp³-hybridized carbons (Fsp3) is 0.300. The summed E-state index contributed by atoms with van der Waals surface area (Å²) in [6, 6.07) is 5.69. The SMILES string of the molecule is COC1=c2ccc(Cl)cc2=NCC1. The zero-order chi connectivity index (χ0) is 9.26. The van der Waals surface area contributed by atoms with Gasteiger partial charge in [0.2, 0.25) is 0 Å². The summed E-state index contributed by atoms with van der Waals surface area (Å²) in [6.45, 7) is 0.788. The number of fused-ring (bicyclic) bond motifs is 1. The van der Waals surface area contributed by atoms with E-state index in [-0.39, 0.29) is 0 Å². The molecule has 2 nitrogen and oxygen atoms in total.